The van der Waals surface area contributed by atoms with Gasteiger partial charge in [-0.2, -0.15) is 0 Å². The average Bonchev–Trinajstić information content (AvgIpc) is 1.59. The Morgan fingerprint density at radius 3 is 2.00 bits per heavy atom. The van der Waals surface area contributed by atoms with Crippen molar-refractivity contribution in [3.05, 3.63) is 11.2 Å². The summed E-state index contributed by atoms with van der Waals surface area (Å²) >= 11 is 0. The van der Waals surface area contributed by atoms with E-state index in [1.54, 1.807) is 13.7 Å². The highest BCUT2D eigenvalue weighted by Gasteiger charge is 2.16. The lowest BCUT2D eigenvalue weighted by Gasteiger charge is -2.12. The van der Waals surface area contributed by atoms with Crippen molar-refractivity contribution in [2.75, 3.05) is 0 Å². The summed E-state index contributed by atoms with van der Waals surface area (Å²) < 4.78 is 0. The van der Waals surface area contributed by atoms with Crippen LogP contribution in [0.3, 0.4) is 0 Å². The van der Waals surface area contributed by atoms with Crippen molar-refractivity contribution < 1.29 is 10.1 Å². The maximum Gasteiger partial charge on any atom is 0.321 e. The zero-order chi connectivity index (χ0) is 8.31. The van der Waals surface area contributed by atoms with Crippen molar-refractivity contribution in [3.8, 4) is 0 Å². The van der Waals surface area contributed by atoms with E-state index >= 15 is 0 Å². The molecule has 0 saturated heterocycles. The van der Waals surface area contributed by atoms with Crippen LogP contribution < -0.4 is 5.73 Å². The van der Waals surface area contributed by atoms with Gasteiger partial charge in [0.05, 0.1) is 5.76 Å². The van der Waals surface area contributed by atoms with E-state index in [-0.39, 0.29) is 11.8 Å². The highest BCUT2D eigenvalue weighted by Crippen LogP contribution is 2.07. The lowest BCUT2D eigenvalue weighted by molar-refractivity contribution is 0.404. The molecule has 0 bridgehead atoms. The van der Waals surface area contributed by atoms with Crippen molar-refractivity contribution in [3.63, 3.8) is 0 Å². The minimum atomic E-state index is -0.662. The molecule has 0 radical (unpaired) electrons. The molecule has 0 heterocycles. The molecule has 0 aromatic heterocycles. The van der Waals surface area contributed by atoms with Crippen LogP contribution in [-0.4, -0.2) is 23.1 Å². The Kier molecular flexibility index (Phi) is 3.46. The molecule has 0 aliphatic heterocycles. The Balaban J connectivity index is 4.44. The van der Waals surface area contributed by atoms with Crippen LogP contribution in [0, 0.1) is 0 Å². The number of aliphatic hydroxyl groups is 1. The quantitative estimate of drug-likeness (QED) is 0.385. The number of nitrogens with two attached hydrogens (primary N) is 1. The van der Waals surface area contributed by atoms with Gasteiger partial charge in [0.25, 0.3) is 0 Å². The molecule has 0 aliphatic rings. The molecule has 0 aromatic rings. The van der Waals surface area contributed by atoms with E-state index in [0.29, 0.717) is 5.47 Å². The predicted octanol–water partition coefficient (Wildman–Crippen LogP) is 0.318. The van der Waals surface area contributed by atoms with E-state index < -0.39 is 6.92 Å². The normalized spacial score (nSPS) is 16.1. The molecule has 1 atom stereocenters. The lowest BCUT2D eigenvalue weighted by atomic mass is 9.60. The first-order valence-electron chi connectivity index (χ1n) is 3.30. The van der Waals surface area contributed by atoms with E-state index in [2.05, 4.69) is 0 Å². The molecule has 4 heteroatoms. The Morgan fingerprint density at radius 2 is 2.00 bits per heavy atom. The van der Waals surface area contributed by atoms with Crippen molar-refractivity contribution in [2.24, 2.45) is 5.73 Å². The SMILES string of the molecule is CB(O)/C(=C(\C)O)C(C)N. The fourth-order valence-corrected chi connectivity index (χ4v) is 1.01. The van der Waals surface area contributed by atoms with Crippen LogP contribution in [0.15, 0.2) is 11.2 Å². The van der Waals surface area contributed by atoms with Crippen LogP contribution in [0.25, 0.3) is 0 Å². The second-order valence-electron chi connectivity index (χ2n) is 2.51. The summed E-state index contributed by atoms with van der Waals surface area (Å²) in [5.41, 5.74) is 5.96. The van der Waals surface area contributed by atoms with Gasteiger partial charge in [-0.15, -0.1) is 0 Å². The van der Waals surface area contributed by atoms with Crippen molar-refractivity contribution >= 4 is 6.92 Å². The van der Waals surface area contributed by atoms with Crippen LogP contribution in [-0.2, 0) is 0 Å². The van der Waals surface area contributed by atoms with Crippen LogP contribution >= 0.6 is 0 Å². The van der Waals surface area contributed by atoms with Crippen molar-refractivity contribution in [1.82, 2.24) is 0 Å². The van der Waals surface area contributed by atoms with E-state index in [4.69, 9.17) is 15.9 Å². The Morgan fingerprint density at radius 1 is 1.60 bits per heavy atom. The third kappa shape index (κ3) is 2.41. The van der Waals surface area contributed by atoms with Gasteiger partial charge in [-0.1, -0.05) is 6.82 Å². The first-order valence-corrected chi connectivity index (χ1v) is 3.30. The largest absolute Gasteiger partial charge is 0.513 e. The summed E-state index contributed by atoms with van der Waals surface area (Å²) in [6, 6.07) is -0.287. The molecular formula is C6H14BNO2. The summed E-state index contributed by atoms with van der Waals surface area (Å²) in [5.74, 6) is 0.116. The first-order chi connectivity index (χ1) is 4.46. The van der Waals surface area contributed by atoms with Gasteiger partial charge >= 0.3 is 6.92 Å². The van der Waals surface area contributed by atoms with Gasteiger partial charge in [0.1, 0.15) is 0 Å². The summed E-state index contributed by atoms with van der Waals surface area (Å²) in [4.78, 5) is 0. The minimum absolute atomic E-state index is 0.116. The molecule has 0 rings (SSSR count). The molecule has 0 aromatic carbocycles. The Hall–Kier alpha value is -0.475. The number of rotatable bonds is 2. The van der Waals surface area contributed by atoms with Crippen LogP contribution in [0.4, 0.5) is 0 Å². The van der Waals surface area contributed by atoms with Gasteiger partial charge in [0.2, 0.25) is 0 Å². The molecule has 10 heavy (non-hydrogen) atoms. The summed E-state index contributed by atoms with van der Waals surface area (Å²) in [6.45, 7) is 4.16. The van der Waals surface area contributed by atoms with E-state index in [9.17, 15) is 0 Å². The maximum absolute atomic E-state index is 9.06. The molecule has 0 amide bonds. The summed E-state index contributed by atoms with van der Waals surface area (Å²) in [7, 11) is 0. The maximum atomic E-state index is 9.06. The van der Waals surface area contributed by atoms with Gasteiger partial charge in [-0.3, -0.25) is 0 Å². The number of allylic oxidation sites excluding steroid dienone is 1. The Bertz CT molecular complexity index is 129. The second-order valence-corrected chi connectivity index (χ2v) is 2.51. The molecule has 4 N–H and O–H groups in total. The third-order valence-corrected chi connectivity index (χ3v) is 1.36. The summed E-state index contributed by atoms with van der Waals surface area (Å²) in [6.07, 6.45) is 0. The molecular weight excluding hydrogens is 129 g/mol. The van der Waals surface area contributed by atoms with E-state index in [1.807, 2.05) is 0 Å². The molecule has 1 unspecified atom stereocenters. The monoisotopic (exact) mass is 143 g/mol. The molecule has 0 saturated carbocycles. The topological polar surface area (TPSA) is 66.5 Å². The fraction of sp³-hybridized carbons (Fsp3) is 0.667. The standard InChI is InChI=1S/C6H14BNO2/c1-4(8)6(5(2)9)7(3)10/h4,9-10H,8H2,1-3H3/b6-5+. The fourth-order valence-electron chi connectivity index (χ4n) is 1.01. The molecule has 0 spiro atoms. The minimum Gasteiger partial charge on any atom is -0.513 e. The summed E-state index contributed by atoms with van der Waals surface area (Å²) in [5, 5.41) is 18.0. The van der Waals surface area contributed by atoms with Crippen LogP contribution in [0.2, 0.25) is 6.82 Å². The van der Waals surface area contributed by atoms with Gasteiger partial charge in [-0.25, -0.2) is 0 Å². The van der Waals surface area contributed by atoms with Crippen LogP contribution in [0.5, 0.6) is 0 Å². The highest BCUT2D eigenvalue weighted by molar-refractivity contribution is 6.58. The lowest BCUT2D eigenvalue weighted by Crippen LogP contribution is -2.29. The third-order valence-electron chi connectivity index (χ3n) is 1.36. The zero-order valence-electron chi connectivity index (χ0n) is 6.63. The highest BCUT2D eigenvalue weighted by atomic mass is 16.3. The van der Waals surface area contributed by atoms with Crippen molar-refractivity contribution in [2.45, 2.75) is 26.7 Å². The van der Waals surface area contributed by atoms with Crippen LogP contribution in [0.1, 0.15) is 13.8 Å². The van der Waals surface area contributed by atoms with Gasteiger partial charge in [0.15, 0.2) is 0 Å². The van der Waals surface area contributed by atoms with Crippen molar-refractivity contribution in [1.29, 1.82) is 0 Å². The molecule has 0 fully saturated rings. The Labute approximate surface area is 61.7 Å². The zero-order valence-corrected chi connectivity index (χ0v) is 6.63. The number of hydrogen-bond acceptors (Lipinski definition) is 3. The van der Waals surface area contributed by atoms with Gasteiger partial charge in [0, 0.05) is 6.04 Å². The first kappa shape index (κ1) is 9.52. The molecule has 0 aliphatic carbocycles. The smallest absolute Gasteiger partial charge is 0.321 e. The number of aliphatic hydroxyl groups excluding tert-OH is 1. The molecule has 3 nitrogen and oxygen atoms in total. The average molecular weight is 143 g/mol. The second kappa shape index (κ2) is 3.63. The van der Waals surface area contributed by atoms with Gasteiger partial charge < -0.3 is 15.9 Å². The molecule has 58 valence electrons. The van der Waals surface area contributed by atoms with Gasteiger partial charge in [-0.05, 0) is 19.3 Å². The number of hydrogen-bond donors (Lipinski definition) is 3. The van der Waals surface area contributed by atoms with E-state index in [1.165, 1.54) is 6.92 Å². The van der Waals surface area contributed by atoms with E-state index in [0.717, 1.165) is 0 Å². The predicted molar refractivity (Wildman–Crippen MR) is 42.8 cm³/mol.